The van der Waals surface area contributed by atoms with Crippen molar-refractivity contribution in [1.29, 1.82) is 0 Å². The molecular formula is C11H19NOS2. The zero-order valence-electron chi connectivity index (χ0n) is 9.20. The van der Waals surface area contributed by atoms with Gasteiger partial charge in [0.2, 0.25) is 0 Å². The van der Waals surface area contributed by atoms with Crippen LogP contribution in [0, 0.1) is 0 Å². The summed E-state index contributed by atoms with van der Waals surface area (Å²) in [6.45, 7) is 3.04. The minimum Gasteiger partial charge on any atom is -0.384 e. The highest BCUT2D eigenvalue weighted by Gasteiger charge is 1.93. The van der Waals surface area contributed by atoms with E-state index in [-0.39, 0.29) is 0 Å². The first-order valence-electron chi connectivity index (χ1n) is 5.22. The lowest BCUT2D eigenvalue weighted by Gasteiger charge is -2.03. The molecule has 0 atom stereocenters. The molecule has 0 aliphatic heterocycles. The average molecular weight is 245 g/mol. The Morgan fingerprint density at radius 2 is 2.33 bits per heavy atom. The molecule has 0 unspecified atom stereocenters. The van der Waals surface area contributed by atoms with Crippen molar-refractivity contribution in [3.05, 3.63) is 22.4 Å². The van der Waals surface area contributed by atoms with Crippen molar-refractivity contribution >= 4 is 23.1 Å². The van der Waals surface area contributed by atoms with Crippen LogP contribution in [-0.4, -0.2) is 38.3 Å². The van der Waals surface area contributed by atoms with Crippen LogP contribution >= 0.6 is 23.1 Å². The van der Waals surface area contributed by atoms with Crippen LogP contribution < -0.4 is 5.32 Å². The van der Waals surface area contributed by atoms with Crippen molar-refractivity contribution < 1.29 is 4.74 Å². The SMILES string of the molecule is COCCSCCNCCc1ccsc1. The zero-order chi connectivity index (χ0) is 10.8. The molecule has 15 heavy (non-hydrogen) atoms. The largest absolute Gasteiger partial charge is 0.384 e. The van der Waals surface area contributed by atoms with E-state index in [4.69, 9.17) is 4.74 Å². The maximum atomic E-state index is 4.98. The average Bonchev–Trinajstić information content (AvgIpc) is 2.75. The molecule has 1 aromatic rings. The van der Waals surface area contributed by atoms with Crippen LogP contribution in [0.25, 0.3) is 0 Å². The Labute approximate surface area is 100 Å². The van der Waals surface area contributed by atoms with E-state index in [1.54, 1.807) is 18.4 Å². The molecule has 0 amide bonds. The summed E-state index contributed by atoms with van der Waals surface area (Å²) in [6, 6.07) is 2.19. The molecule has 4 heteroatoms. The summed E-state index contributed by atoms with van der Waals surface area (Å²) in [7, 11) is 1.75. The highest BCUT2D eigenvalue weighted by Crippen LogP contribution is 2.05. The Hall–Kier alpha value is -0.0300. The van der Waals surface area contributed by atoms with Gasteiger partial charge in [-0.05, 0) is 35.4 Å². The predicted molar refractivity (Wildman–Crippen MR) is 70.1 cm³/mol. The molecule has 1 rings (SSSR count). The predicted octanol–water partition coefficient (Wildman–Crippen LogP) is 2.26. The molecule has 0 fully saturated rings. The van der Waals surface area contributed by atoms with Gasteiger partial charge in [0.15, 0.2) is 0 Å². The highest BCUT2D eigenvalue weighted by atomic mass is 32.2. The van der Waals surface area contributed by atoms with E-state index < -0.39 is 0 Å². The first-order chi connectivity index (χ1) is 7.43. The van der Waals surface area contributed by atoms with Gasteiger partial charge in [-0.2, -0.15) is 23.1 Å². The molecule has 0 bridgehead atoms. The molecule has 0 saturated heterocycles. The van der Waals surface area contributed by atoms with Crippen molar-refractivity contribution in [1.82, 2.24) is 5.32 Å². The van der Waals surface area contributed by atoms with Crippen LogP contribution in [-0.2, 0) is 11.2 Å². The highest BCUT2D eigenvalue weighted by molar-refractivity contribution is 7.99. The third-order valence-corrected chi connectivity index (χ3v) is 3.71. The second-order valence-electron chi connectivity index (χ2n) is 3.24. The second-order valence-corrected chi connectivity index (χ2v) is 5.24. The fourth-order valence-electron chi connectivity index (χ4n) is 1.18. The molecule has 0 saturated carbocycles. The van der Waals surface area contributed by atoms with Gasteiger partial charge >= 0.3 is 0 Å². The van der Waals surface area contributed by atoms with Gasteiger partial charge in [-0.25, -0.2) is 0 Å². The lowest BCUT2D eigenvalue weighted by Crippen LogP contribution is -2.20. The molecule has 1 N–H and O–H groups in total. The zero-order valence-corrected chi connectivity index (χ0v) is 10.8. The smallest absolute Gasteiger partial charge is 0.0552 e. The van der Waals surface area contributed by atoms with Crippen molar-refractivity contribution in [2.75, 3.05) is 38.3 Å². The van der Waals surface area contributed by atoms with Crippen LogP contribution in [0.4, 0.5) is 0 Å². The van der Waals surface area contributed by atoms with Gasteiger partial charge in [-0.15, -0.1) is 0 Å². The summed E-state index contributed by atoms with van der Waals surface area (Å²) >= 11 is 3.71. The molecule has 2 nitrogen and oxygen atoms in total. The summed E-state index contributed by atoms with van der Waals surface area (Å²) in [4.78, 5) is 0. The Balaban J connectivity index is 1.81. The number of hydrogen-bond donors (Lipinski definition) is 1. The quantitative estimate of drug-likeness (QED) is 0.674. The van der Waals surface area contributed by atoms with Crippen LogP contribution in [0.5, 0.6) is 0 Å². The number of hydrogen-bond acceptors (Lipinski definition) is 4. The van der Waals surface area contributed by atoms with Gasteiger partial charge in [0, 0.05) is 25.2 Å². The Bertz CT molecular complexity index is 227. The standard InChI is InChI=1S/C11H19NOS2/c1-13-6-9-14-8-5-12-4-2-11-3-7-15-10-11/h3,7,10,12H,2,4-6,8-9H2,1H3. The third kappa shape index (κ3) is 6.95. The van der Waals surface area contributed by atoms with Gasteiger partial charge in [-0.1, -0.05) is 0 Å². The summed E-state index contributed by atoms with van der Waals surface area (Å²) < 4.78 is 4.98. The van der Waals surface area contributed by atoms with E-state index in [0.717, 1.165) is 31.9 Å². The van der Waals surface area contributed by atoms with E-state index in [2.05, 4.69) is 22.1 Å². The molecule has 0 aliphatic carbocycles. The Kier molecular flexibility index (Phi) is 8.01. The van der Waals surface area contributed by atoms with E-state index in [1.165, 1.54) is 11.3 Å². The fraction of sp³-hybridized carbons (Fsp3) is 0.636. The summed E-state index contributed by atoms with van der Waals surface area (Å²) in [6.07, 6.45) is 1.15. The minimum atomic E-state index is 0.861. The number of thiophene rings is 1. The van der Waals surface area contributed by atoms with Gasteiger partial charge in [0.1, 0.15) is 0 Å². The number of methoxy groups -OCH3 is 1. The molecule has 86 valence electrons. The Morgan fingerprint density at radius 1 is 1.40 bits per heavy atom. The molecule has 0 aromatic carbocycles. The molecule has 0 aliphatic rings. The first kappa shape index (κ1) is 13.0. The van der Waals surface area contributed by atoms with Gasteiger partial charge in [-0.3, -0.25) is 0 Å². The molecule has 1 heterocycles. The summed E-state index contributed by atoms with van der Waals surface area (Å²) in [5.74, 6) is 2.27. The fourth-order valence-corrected chi connectivity index (χ4v) is 2.66. The number of rotatable bonds is 9. The topological polar surface area (TPSA) is 21.3 Å². The lowest BCUT2D eigenvalue weighted by atomic mass is 10.2. The van der Waals surface area contributed by atoms with Crippen molar-refractivity contribution in [3.63, 3.8) is 0 Å². The molecular weight excluding hydrogens is 226 g/mol. The monoisotopic (exact) mass is 245 g/mol. The van der Waals surface area contributed by atoms with Crippen LogP contribution in [0.2, 0.25) is 0 Å². The van der Waals surface area contributed by atoms with Gasteiger partial charge in [0.05, 0.1) is 6.61 Å². The molecule has 1 aromatic heterocycles. The normalized spacial score (nSPS) is 10.7. The van der Waals surface area contributed by atoms with Crippen LogP contribution in [0.3, 0.4) is 0 Å². The van der Waals surface area contributed by atoms with Crippen LogP contribution in [0.1, 0.15) is 5.56 Å². The minimum absolute atomic E-state index is 0.861. The van der Waals surface area contributed by atoms with Crippen molar-refractivity contribution in [3.8, 4) is 0 Å². The number of thioether (sulfide) groups is 1. The number of nitrogens with one attached hydrogen (secondary N) is 1. The van der Waals surface area contributed by atoms with Gasteiger partial charge < -0.3 is 10.1 Å². The first-order valence-corrected chi connectivity index (χ1v) is 7.31. The molecule has 0 radical (unpaired) electrons. The van der Waals surface area contributed by atoms with E-state index in [0.29, 0.717) is 0 Å². The number of ether oxygens (including phenoxy) is 1. The third-order valence-electron chi connectivity index (χ3n) is 2.03. The van der Waals surface area contributed by atoms with Crippen molar-refractivity contribution in [2.24, 2.45) is 0 Å². The van der Waals surface area contributed by atoms with E-state index in [1.807, 2.05) is 11.8 Å². The summed E-state index contributed by atoms with van der Waals surface area (Å²) in [5.41, 5.74) is 1.44. The summed E-state index contributed by atoms with van der Waals surface area (Å²) in [5, 5.41) is 7.80. The lowest BCUT2D eigenvalue weighted by molar-refractivity contribution is 0.218. The van der Waals surface area contributed by atoms with Crippen molar-refractivity contribution in [2.45, 2.75) is 6.42 Å². The second kappa shape index (κ2) is 9.21. The van der Waals surface area contributed by atoms with Gasteiger partial charge in [0.25, 0.3) is 0 Å². The molecule has 0 spiro atoms. The Morgan fingerprint density at radius 3 is 3.07 bits per heavy atom. The van der Waals surface area contributed by atoms with E-state index in [9.17, 15) is 0 Å². The van der Waals surface area contributed by atoms with E-state index >= 15 is 0 Å². The van der Waals surface area contributed by atoms with Crippen LogP contribution in [0.15, 0.2) is 16.8 Å². The maximum Gasteiger partial charge on any atom is 0.0552 e. The maximum absolute atomic E-state index is 4.98.